The first kappa shape index (κ1) is 13.6. The van der Waals surface area contributed by atoms with Gasteiger partial charge in [-0.2, -0.15) is 0 Å². The van der Waals surface area contributed by atoms with Gasteiger partial charge in [-0.15, -0.1) is 11.3 Å². The second-order valence-electron chi connectivity index (χ2n) is 5.29. The molecule has 2 N–H and O–H groups in total. The molecule has 2 rings (SSSR count). The van der Waals surface area contributed by atoms with E-state index in [0.29, 0.717) is 6.54 Å². The molecule has 0 aromatic carbocycles. The van der Waals surface area contributed by atoms with E-state index in [0.717, 1.165) is 18.4 Å². The zero-order valence-corrected chi connectivity index (χ0v) is 12.1. The molecule has 98 valence electrons. The van der Waals surface area contributed by atoms with Crippen molar-refractivity contribution in [1.82, 2.24) is 4.90 Å². The third-order valence-electron chi connectivity index (χ3n) is 3.69. The third-order valence-corrected chi connectivity index (χ3v) is 4.60. The lowest BCUT2D eigenvalue weighted by Gasteiger charge is -2.17. The Labute approximate surface area is 114 Å². The zero-order chi connectivity index (χ0) is 13.0. The maximum Gasteiger partial charge on any atom is 0.0555 e. The number of nitrogens with zero attached hydrogens (tertiary/aromatic N) is 1. The zero-order valence-electron chi connectivity index (χ0n) is 11.3. The quantitative estimate of drug-likeness (QED) is 0.848. The van der Waals surface area contributed by atoms with E-state index in [2.05, 4.69) is 42.0 Å². The largest absolute Gasteiger partial charge is 0.320 e. The molecule has 1 unspecified atom stereocenters. The average molecular weight is 262 g/mol. The van der Waals surface area contributed by atoms with Crippen molar-refractivity contribution in [2.24, 2.45) is 17.6 Å². The van der Waals surface area contributed by atoms with E-state index in [-0.39, 0.29) is 0 Å². The van der Waals surface area contributed by atoms with E-state index < -0.39 is 0 Å². The molecule has 3 heteroatoms. The average Bonchev–Trinajstić information content (AvgIpc) is 2.96. The predicted octanol–water partition coefficient (Wildman–Crippen LogP) is 2.54. The van der Waals surface area contributed by atoms with Crippen LogP contribution in [-0.2, 0) is 6.54 Å². The van der Waals surface area contributed by atoms with Crippen LogP contribution in [0.3, 0.4) is 0 Å². The van der Waals surface area contributed by atoms with Crippen LogP contribution in [0.5, 0.6) is 0 Å². The minimum absolute atomic E-state index is 0.439. The number of thiophene rings is 1. The van der Waals surface area contributed by atoms with E-state index in [4.69, 9.17) is 5.73 Å². The molecule has 0 bridgehead atoms. The summed E-state index contributed by atoms with van der Waals surface area (Å²) < 4.78 is 0. The molecule has 2 heterocycles. The van der Waals surface area contributed by atoms with Gasteiger partial charge in [-0.25, -0.2) is 0 Å². The summed E-state index contributed by atoms with van der Waals surface area (Å²) in [5, 5.41) is 2.13. The van der Waals surface area contributed by atoms with Gasteiger partial charge in [-0.05, 0) is 36.2 Å². The lowest BCUT2D eigenvalue weighted by atomic mass is 9.95. The van der Waals surface area contributed by atoms with Crippen molar-refractivity contribution < 1.29 is 0 Å². The first-order valence-corrected chi connectivity index (χ1v) is 7.56. The van der Waals surface area contributed by atoms with Crippen LogP contribution in [0.15, 0.2) is 11.4 Å². The molecule has 1 fully saturated rings. The fourth-order valence-corrected chi connectivity index (χ4v) is 3.35. The summed E-state index contributed by atoms with van der Waals surface area (Å²) in [6.07, 6.45) is 1.34. The van der Waals surface area contributed by atoms with E-state index in [1.54, 1.807) is 0 Å². The number of rotatable bonds is 3. The molecule has 18 heavy (non-hydrogen) atoms. The van der Waals surface area contributed by atoms with E-state index in [9.17, 15) is 0 Å². The van der Waals surface area contributed by atoms with Gasteiger partial charge in [0.05, 0.1) is 6.54 Å². The van der Waals surface area contributed by atoms with E-state index in [1.807, 2.05) is 11.3 Å². The fourth-order valence-electron chi connectivity index (χ4n) is 2.47. The Bertz CT molecular complexity index is 439. The standard InChI is InChI=1S/C15H22N2S/c1-12(2)14-5-8-17(10-14)11-15-13(4-3-7-16)6-9-18-15/h6,9,12,14H,5,7-8,10-11,16H2,1-2H3. The molecular formula is C15H22N2S. The molecule has 1 aliphatic rings. The van der Waals surface area contributed by atoms with Crippen molar-refractivity contribution in [3.05, 3.63) is 21.9 Å². The first-order chi connectivity index (χ1) is 8.70. The lowest BCUT2D eigenvalue weighted by molar-refractivity contribution is 0.299. The highest BCUT2D eigenvalue weighted by Crippen LogP contribution is 2.26. The Balaban J connectivity index is 1.96. The van der Waals surface area contributed by atoms with E-state index >= 15 is 0 Å². The maximum absolute atomic E-state index is 5.43. The van der Waals surface area contributed by atoms with Crippen LogP contribution in [0.4, 0.5) is 0 Å². The highest BCUT2D eigenvalue weighted by molar-refractivity contribution is 7.10. The summed E-state index contributed by atoms with van der Waals surface area (Å²) in [7, 11) is 0. The molecule has 1 aromatic rings. The van der Waals surface area contributed by atoms with Crippen LogP contribution >= 0.6 is 11.3 Å². The molecule has 1 aromatic heterocycles. The summed E-state index contributed by atoms with van der Waals surface area (Å²) in [6, 6.07) is 2.11. The second kappa shape index (κ2) is 6.38. The Morgan fingerprint density at radius 3 is 3.06 bits per heavy atom. The summed E-state index contributed by atoms with van der Waals surface area (Å²) in [5.74, 6) is 7.78. The second-order valence-corrected chi connectivity index (χ2v) is 6.29. The fraction of sp³-hybridized carbons (Fsp3) is 0.600. The Morgan fingerprint density at radius 2 is 2.39 bits per heavy atom. The van der Waals surface area contributed by atoms with Gasteiger partial charge in [0.15, 0.2) is 0 Å². The SMILES string of the molecule is CC(C)C1CCN(Cc2sccc2C#CCN)C1. The van der Waals surface area contributed by atoms with Crippen molar-refractivity contribution >= 4 is 11.3 Å². The molecule has 0 aliphatic carbocycles. The van der Waals surface area contributed by atoms with Crippen LogP contribution in [0.1, 0.15) is 30.7 Å². The number of hydrogen-bond acceptors (Lipinski definition) is 3. The molecule has 0 radical (unpaired) electrons. The van der Waals surface area contributed by atoms with Crippen LogP contribution in [0.25, 0.3) is 0 Å². The molecule has 0 saturated carbocycles. The predicted molar refractivity (Wildman–Crippen MR) is 78.5 cm³/mol. The Morgan fingerprint density at radius 1 is 1.56 bits per heavy atom. The normalized spacial score (nSPS) is 20.1. The van der Waals surface area contributed by atoms with Crippen molar-refractivity contribution in [2.45, 2.75) is 26.8 Å². The molecular weight excluding hydrogens is 240 g/mol. The van der Waals surface area contributed by atoms with Gasteiger partial charge < -0.3 is 5.73 Å². The van der Waals surface area contributed by atoms with Gasteiger partial charge in [-0.1, -0.05) is 25.7 Å². The van der Waals surface area contributed by atoms with Crippen molar-refractivity contribution in [2.75, 3.05) is 19.6 Å². The van der Waals surface area contributed by atoms with E-state index in [1.165, 1.54) is 30.0 Å². The Hall–Kier alpha value is -0.820. The van der Waals surface area contributed by atoms with Crippen LogP contribution in [0, 0.1) is 23.7 Å². The van der Waals surface area contributed by atoms with Gasteiger partial charge in [0.1, 0.15) is 0 Å². The number of nitrogens with two attached hydrogens (primary N) is 1. The van der Waals surface area contributed by atoms with Gasteiger partial charge in [-0.3, -0.25) is 4.90 Å². The van der Waals surface area contributed by atoms with Gasteiger partial charge in [0.2, 0.25) is 0 Å². The van der Waals surface area contributed by atoms with Crippen molar-refractivity contribution in [1.29, 1.82) is 0 Å². The maximum atomic E-state index is 5.43. The molecule has 1 aliphatic heterocycles. The lowest BCUT2D eigenvalue weighted by Crippen LogP contribution is -2.21. The Kier molecular flexibility index (Phi) is 4.82. The van der Waals surface area contributed by atoms with Gasteiger partial charge >= 0.3 is 0 Å². The number of likely N-dealkylation sites (tertiary alicyclic amines) is 1. The van der Waals surface area contributed by atoms with Crippen molar-refractivity contribution in [3.63, 3.8) is 0 Å². The first-order valence-electron chi connectivity index (χ1n) is 6.68. The molecule has 0 amide bonds. The summed E-state index contributed by atoms with van der Waals surface area (Å²) in [6.45, 7) is 8.61. The summed E-state index contributed by atoms with van der Waals surface area (Å²) in [4.78, 5) is 3.95. The minimum atomic E-state index is 0.439. The van der Waals surface area contributed by atoms with Crippen molar-refractivity contribution in [3.8, 4) is 11.8 Å². The molecule has 2 nitrogen and oxygen atoms in total. The summed E-state index contributed by atoms with van der Waals surface area (Å²) in [5.41, 5.74) is 6.59. The highest BCUT2D eigenvalue weighted by Gasteiger charge is 2.25. The monoisotopic (exact) mass is 262 g/mol. The van der Waals surface area contributed by atoms with Gasteiger partial charge in [0.25, 0.3) is 0 Å². The third kappa shape index (κ3) is 3.35. The number of hydrogen-bond donors (Lipinski definition) is 1. The molecule has 0 spiro atoms. The smallest absolute Gasteiger partial charge is 0.0555 e. The van der Waals surface area contributed by atoms with Gasteiger partial charge in [0, 0.05) is 23.5 Å². The highest BCUT2D eigenvalue weighted by atomic mass is 32.1. The van der Waals surface area contributed by atoms with Crippen LogP contribution in [0.2, 0.25) is 0 Å². The minimum Gasteiger partial charge on any atom is -0.320 e. The topological polar surface area (TPSA) is 29.3 Å². The van der Waals surface area contributed by atoms with Crippen LogP contribution in [-0.4, -0.2) is 24.5 Å². The molecule has 1 atom stereocenters. The van der Waals surface area contributed by atoms with Crippen LogP contribution < -0.4 is 5.73 Å². The molecule has 1 saturated heterocycles. The summed E-state index contributed by atoms with van der Waals surface area (Å²) >= 11 is 1.81.